The van der Waals surface area contributed by atoms with Crippen LogP contribution in [0.3, 0.4) is 0 Å². The van der Waals surface area contributed by atoms with Crippen LogP contribution in [0.1, 0.15) is 43.0 Å². The topological polar surface area (TPSA) is 75.7 Å². The minimum atomic E-state index is -4.02. The standard InChI is InChI=1S/C27H29ClN2O4S/c1-18-10-13-22-24(16-27(3,4)34-25(22)14-18)29-26(31)17-30(20-12-11-19(2)23(28)15-20)35(32,33)21-8-6-5-7-9-21/h5-15,24H,16-17H2,1-4H3,(H,29,31). The summed E-state index contributed by atoms with van der Waals surface area (Å²) < 4.78 is 34.4. The van der Waals surface area contributed by atoms with E-state index < -0.39 is 28.1 Å². The van der Waals surface area contributed by atoms with Crippen LogP contribution in [-0.2, 0) is 14.8 Å². The molecule has 0 aromatic heterocycles. The van der Waals surface area contributed by atoms with Crippen molar-refractivity contribution in [3.8, 4) is 5.75 Å². The van der Waals surface area contributed by atoms with Crippen molar-refractivity contribution in [2.75, 3.05) is 10.8 Å². The van der Waals surface area contributed by atoms with Crippen LogP contribution in [0.4, 0.5) is 5.69 Å². The van der Waals surface area contributed by atoms with Crippen molar-refractivity contribution in [2.45, 2.75) is 50.7 Å². The molecule has 1 N–H and O–H groups in total. The number of hydrogen-bond acceptors (Lipinski definition) is 4. The minimum absolute atomic E-state index is 0.0949. The molecule has 1 atom stereocenters. The molecule has 4 rings (SSSR count). The molecule has 1 heterocycles. The van der Waals surface area contributed by atoms with Crippen LogP contribution in [0, 0.1) is 13.8 Å². The lowest BCUT2D eigenvalue weighted by Gasteiger charge is -2.38. The molecule has 3 aromatic rings. The number of sulfonamides is 1. The SMILES string of the molecule is Cc1ccc2c(c1)OC(C)(C)CC2NC(=O)CN(c1ccc(C)c(Cl)c1)S(=O)(=O)c1ccccc1. The monoisotopic (exact) mass is 512 g/mol. The van der Waals surface area contributed by atoms with E-state index in [4.69, 9.17) is 16.3 Å². The van der Waals surface area contributed by atoms with Crippen molar-refractivity contribution in [2.24, 2.45) is 0 Å². The highest BCUT2D eigenvalue weighted by molar-refractivity contribution is 7.92. The first-order chi connectivity index (χ1) is 16.5. The lowest BCUT2D eigenvalue weighted by atomic mass is 9.89. The van der Waals surface area contributed by atoms with Gasteiger partial charge in [0.2, 0.25) is 5.91 Å². The summed E-state index contributed by atoms with van der Waals surface area (Å²) in [5.41, 5.74) is 2.58. The van der Waals surface area contributed by atoms with Gasteiger partial charge in [0.1, 0.15) is 17.9 Å². The number of ether oxygens (including phenoxy) is 1. The number of nitrogens with zero attached hydrogens (tertiary/aromatic N) is 1. The number of aryl methyl sites for hydroxylation is 2. The van der Waals surface area contributed by atoms with E-state index in [9.17, 15) is 13.2 Å². The molecule has 0 saturated heterocycles. The van der Waals surface area contributed by atoms with Gasteiger partial charge in [0.05, 0.1) is 16.6 Å². The maximum absolute atomic E-state index is 13.6. The van der Waals surface area contributed by atoms with Gasteiger partial charge < -0.3 is 10.1 Å². The summed E-state index contributed by atoms with van der Waals surface area (Å²) in [6.45, 7) is 7.37. The van der Waals surface area contributed by atoms with E-state index in [0.717, 1.165) is 26.7 Å². The van der Waals surface area contributed by atoms with Gasteiger partial charge >= 0.3 is 0 Å². The molecule has 8 heteroatoms. The highest BCUT2D eigenvalue weighted by Gasteiger charge is 2.35. The fourth-order valence-electron chi connectivity index (χ4n) is 4.23. The van der Waals surface area contributed by atoms with Crippen LogP contribution in [0.15, 0.2) is 71.6 Å². The summed E-state index contributed by atoms with van der Waals surface area (Å²) in [6, 6.07) is 18.6. The molecular formula is C27H29ClN2O4S. The Labute approximate surface area is 211 Å². The normalized spacial score (nSPS) is 16.7. The van der Waals surface area contributed by atoms with Gasteiger partial charge in [-0.1, -0.05) is 48.0 Å². The lowest BCUT2D eigenvalue weighted by Crippen LogP contribution is -2.45. The number of carbonyl (C=O) groups excluding carboxylic acids is 1. The van der Waals surface area contributed by atoms with Gasteiger partial charge in [-0.2, -0.15) is 0 Å². The molecule has 35 heavy (non-hydrogen) atoms. The molecule has 0 fully saturated rings. The Bertz CT molecular complexity index is 1360. The third-order valence-corrected chi connectivity index (χ3v) is 8.22. The molecule has 184 valence electrons. The first-order valence-electron chi connectivity index (χ1n) is 11.4. The molecule has 1 unspecified atom stereocenters. The molecule has 0 spiro atoms. The predicted molar refractivity (Wildman–Crippen MR) is 139 cm³/mol. The van der Waals surface area contributed by atoms with E-state index in [-0.39, 0.29) is 10.9 Å². The van der Waals surface area contributed by atoms with Crippen molar-refractivity contribution >= 4 is 33.2 Å². The molecular weight excluding hydrogens is 484 g/mol. The summed E-state index contributed by atoms with van der Waals surface area (Å²) in [7, 11) is -4.02. The van der Waals surface area contributed by atoms with Crippen LogP contribution in [0.5, 0.6) is 5.75 Å². The number of fused-ring (bicyclic) bond motifs is 1. The number of anilines is 1. The van der Waals surface area contributed by atoms with Gasteiger partial charge in [-0.25, -0.2) is 8.42 Å². The number of halogens is 1. The first kappa shape index (κ1) is 25.1. The molecule has 1 aliphatic rings. The van der Waals surface area contributed by atoms with Gasteiger partial charge in [-0.05, 0) is 69.2 Å². The zero-order chi connectivity index (χ0) is 25.4. The number of amides is 1. The Morgan fingerprint density at radius 3 is 2.49 bits per heavy atom. The molecule has 1 aliphatic heterocycles. The maximum atomic E-state index is 13.6. The van der Waals surface area contributed by atoms with Crippen LogP contribution >= 0.6 is 11.6 Å². The zero-order valence-electron chi connectivity index (χ0n) is 20.2. The summed E-state index contributed by atoms with van der Waals surface area (Å²) in [4.78, 5) is 13.4. The quantitative estimate of drug-likeness (QED) is 0.468. The van der Waals surface area contributed by atoms with Gasteiger partial charge in [-0.15, -0.1) is 0 Å². The number of rotatable bonds is 6. The van der Waals surface area contributed by atoms with E-state index in [1.807, 2.05) is 45.9 Å². The Morgan fingerprint density at radius 1 is 1.09 bits per heavy atom. The summed E-state index contributed by atoms with van der Waals surface area (Å²) >= 11 is 6.31. The third kappa shape index (κ3) is 5.46. The average Bonchev–Trinajstić information content (AvgIpc) is 2.79. The lowest BCUT2D eigenvalue weighted by molar-refractivity contribution is -0.120. The van der Waals surface area contributed by atoms with Gasteiger partial charge in [0.15, 0.2) is 0 Å². The molecule has 1 amide bonds. The Balaban J connectivity index is 1.66. The Kier molecular flexibility index (Phi) is 6.84. The highest BCUT2D eigenvalue weighted by atomic mass is 35.5. The van der Waals surface area contributed by atoms with Gasteiger partial charge in [-0.3, -0.25) is 9.10 Å². The van der Waals surface area contributed by atoms with E-state index in [1.165, 1.54) is 12.1 Å². The summed E-state index contributed by atoms with van der Waals surface area (Å²) in [5, 5.41) is 3.46. The number of nitrogens with one attached hydrogen (secondary N) is 1. The fourth-order valence-corrected chi connectivity index (χ4v) is 5.84. The van der Waals surface area contributed by atoms with Crippen LogP contribution < -0.4 is 14.4 Å². The second-order valence-electron chi connectivity index (χ2n) is 9.49. The van der Waals surface area contributed by atoms with E-state index >= 15 is 0 Å². The number of hydrogen-bond donors (Lipinski definition) is 1. The molecule has 0 aliphatic carbocycles. The zero-order valence-corrected chi connectivity index (χ0v) is 21.8. The van der Waals surface area contributed by atoms with E-state index in [0.29, 0.717) is 17.1 Å². The van der Waals surface area contributed by atoms with Crippen LogP contribution in [-0.4, -0.2) is 26.5 Å². The van der Waals surface area contributed by atoms with E-state index in [1.54, 1.807) is 36.4 Å². The maximum Gasteiger partial charge on any atom is 0.264 e. The van der Waals surface area contributed by atoms with Crippen molar-refractivity contribution < 1.29 is 17.9 Å². The summed E-state index contributed by atoms with van der Waals surface area (Å²) in [6.07, 6.45) is 0.552. The van der Waals surface area contributed by atoms with E-state index in [2.05, 4.69) is 5.32 Å². The highest BCUT2D eigenvalue weighted by Crippen LogP contribution is 2.40. The molecule has 0 radical (unpaired) electrons. The van der Waals surface area contributed by atoms with Crippen molar-refractivity contribution in [1.82, 2.24) is 5.32 Å². The van der Waals surface area contributed by atoms with Gasteiger partial charge in [0.25, 0.3) is 10.0 Å². The second kappa shape index (κ2) is 9.55. The van der Waals surface area contributed by atoms with Crippen molar-refractivity contribution in [1.29, 1.82) is 0 Å². The molecule has 0 bridgehead atoms. The summed E-state index contributed by atoms with van der Waals surface area (Å²) in [5.74, 6) is 0.307. The third-order valence-electron chi connectivity index (χ3n) is 6.02. The number of benzene rings is 3. The fraction of sp³-hybridized carbons (Fsp3) is 0.296. The largest absolute Gasteiger partial charge is 0.487 e. The van der Waals surface area contributed by atoms with Crippen molar-refractivity contribution in [3.63, 3.8) is 0 Å². The van der Waals surface area contributed by atoms with Crippen molar-refractivity contribution in [3.05, 3.63) is 88.4 Å². The van der Waals surface area contributed by atoms with Crippen LogP contribution in [0.25, 0.3) is 0 Å². The smallest absolute Gasteiger partial charge is 0.264 e. The molecule has 3 aromatic carbocycles. The molecule has 6 nitrogen and oxygen atoms in total. The Hall–Kier alpha value is -3.03. The number of carbonyl (C=O) groups is 1. The van der Waals surface area contributed by atoms with Gasteiger partial charge in [0, 0.05) is 17.0 Å². The minimum Gasteiger partial charge on any atom is -0.487 e. The second-order valence-corrected chi connectivity index (χ2v) is 11.8. The Morgan fingerprint density at radius 2 is 1.80 bits per heavy atom. The first-order valence-corrected chi connectivity index (χ1v) is 13.2. The van der Waals surface area contributed by atoms with Crippen LogP contribution in [0.2, 0.25) is 5.02 Å². The average molecular weight is 513 g/mol. The predicted octanol–water partition coefficient (Wildman–Crippen LogP) is 5.57. The molecule has 0 saturated carbocycles.